The maximum absolute atomic E-state index is 12.7. The van der Waals surface area contributed by atoms with Gasteiger partial charge in [0.2, 0.25) is 0 Å². The van der Waals surface area contributed by atoms with Crippen molar-refractivity contribution in [2.45, 2.75) is 38.8 Å². The van der Waals surface area contributed by atoms with Crippen LogP contribution in [0.4, 0.5) is 10.6 Å². The normalized spacial score (nSPS) is 18.9. The quantitative estimate of drug-likeness (QED) is 0.866. The first-order chi connectivity index (χ1) is 11.9. The van der Waals surface area contributed by atoms with Gasteiger partial charge in [0, 0.05) is 36.9 Å². The molecule has 25 heavy (non-hydrogen) atoms. The van der Waals surface area contributed by atoms with Crippen LogP contribution in [0.15, 0.2) is 17.6 Å². The Labute approximate surface area is 150 Å². The van der Waals surface area contributed by atoms with E-state index < -0.39 is 6.04 Å². The van der Waals surface area contributed by atoms with Gasteiger partial charge in [0.05, 0.1) is 6.04 Å². The first-order valence-electron chi connectivity index (χ1n) is 8.24. The van der Waals surface area contributed by atoms with E-state index in [0.29, 0.717) is 18.8 Å². The molecule has 3 heterocycles. The smallest absolute Gasteiger partial charge is 0.315 e. The van der Waals surface area contributed by atoms with Crippen molar-refractivity contribution in [2.75, 3.05) is 11.4 Å². The third kappa shape index (κ3) is 3.98. The van der Waals surface area contributed by atoms with Crippen LogP contribution in [0.5, 0.6) is 0 Å². The van der Waals surface area contributed by atoms with Crippen LogP contribution >= 0.6 is 11.3 Å². The van der Waals surface area contributed by atoms with Crippen molar-refractivity contribution in [3.63, 3.8) is 0 Å². The third-order valence-electron chi connectivity index (χ3n) is 4.07. The summed E-state index contributed by atoms with van der Waals surface area (Å²) >= 11 is 1.51. The molecule has 0 spiro atoms. The molecule has 2 unspecified atom stereocenters. The number of carbonyl (C=O) groups is 2. The molecule has 3 rings (SSSR count). The summed E-state index contributed by atoms with van der Waals surface area (Å²) in [6, 6.07) is 0.694. The van der Waals surface area contributed by atoms with E-state index in [1.54, 1.807) is 21.8 Å². The zero-order valence-electron chi connectivity index (χ0n) is 14.5. The minimum Gasteiger partial charge on any atom is -0.329 e. The zero-order chi connectivity index (χ0) is 18.0. The van der Waals surface area contributed by atoms with Gasteiger partial charge in [-0.1, -0.05) is 0 Å². The monoisotopic (exact) mass is 362 g/mol. The number of nitrogens with zero attached hydrogens (tertiary/aromatic N) is 4. The van der Waals surface area contributed by atoms with E-state index in [2.05, 4.69) is 20.7 Å². The highest BCUT2D eigenvalue weighted by molar-refractivity contribution is 7.09. The molecule has 0 saturated carbocycles. The molecule has 3 amide bonds. The number of aryl methyl sites for hydroxylation is 2. The number of urea groups is 1. The molecule has 9 heteroatoms. The number of amides is 3. The van der Waals surface area contributed by atoms with Gasteiger partial charge in [-0.3, -0.25) is 14.4 Å². The number of hydrogen-bond acceptors (Lipinski definition) is 5. The van der Waals surface area contributed by atoms with Gasteiger partial charge in [-0.15, -0.1) is 11.3 Å². The maximum Gasteiger partial charge on any atom is 0.315 e. The summed E-state index contributed by atoms with van der Waals surface area (Å²) in [5, 5.41) is 12.7. The number of nitrogens with one attached hydrogen (secondary N) is 2. The van der Waals surface area contributed by atoms with Gasteiger partial charge < -0.3 is 10.6 Å². The van der Waals surface area contributed by atoms with Crippen molar-refractivity contribution in [3.05, 3.63) is 28.3 Å². The molecule has 1 saturated heterocycles. The Morgan fingerprint density at radius 1 is 1.48 bits per heavy atom. The standard InChI is InChI=1S/C16H22N6O2S/c1-10-9-25-14(17-10)11(2)18-16(24)19-12-5-4-7-22(15(12)23)13-6-8-21(3)20-13/h6,8-9,11-12H,4-5,7H2,1-3H3,(H2,18,19,24). The second kappa shape index (κ2) is 7.22. The average molecular weight is 362 g/mol. The number of thiazole rings is 1. The minimum absolute atomic E-state index is 0.127. The van der Waals surface area contributed by atoms with E-state index in [1.165, 1.54) is 11.3 Å². The van der Waals surface area contributed by atoms with Gasteiger partial charge in [0.15, 0.2) is 5.82 Å². The van der Waals surface area contributed by atoms with E-state index in [4.69, 9.17) is 0 Å². The first-order valence-corrected chi connectivity index (χ1v) is 9.12. The molecular weight excluding hydrogens is 340 g/mol. The van der Waals surface area contributed by atoms with E-state index >= 15 is 0 Å². The Kier molecular flexibility index (Phi) is 5.03. The molecule has 2 atom stereocenters. The molecule has 0 aliphatic carbocycles. The van der Waals surface area contributed by atoms with Crippen LogP contribution < -0.4 is 15.5 Å². The van der Waals surface area contributed by atoms with Gasteiger partial charge in [0.1, 0.15) is 11.0 Å². The van der Waals surface area contributed by atoms with Crippen LogP contribution in [-0.2, 0) is 11.8 Å². The minimum atomic E-state index is -0.541. The molecule has 0 radical (unpaired) electrons. The number of carbonyl (C=O) groups excluding carboxylic acids is 2. The van der Waals surface area contributed by atoms with Crippen molar-refractivity contribution in [3.8, 4) is 0 Å². The highest BCUT2D eigenvalue weighted by Gasteiger charge is 2.32. The van der Waals surface area contributed by atoms with Gasteiger partial charge in [-0.25, -0.2) is 9.78 Å². The molecule has 134 valence electrons. The van der Waals surface area contributed by atoms with Crippen molar-refractivity contribution in [2.24, 2.45) is 7.05 Å². The van der Waals surface area contributed by atoms with E-state index in [9.17, 15) is 9.59 Å². The molecule has 1 aliphatic rings. The van der Waals surface area contributed by atoms with Crippen LogP contribution in [0.1, 0.15) is 36.5 Å². The molecule has 2 N–H and O–H groups in total. The summed E-state index contributed by atoms with van der Waals surface area (Å²) in [5.74, 6) is 0.490. The summed E-state index contributed by atoms with van der Waals surface area (Å²) in [6.45, 7) is 4.41. The maximum atomic E-state index is 12.7. The van der Waals surface area contributed by atoms with E-state index in [-0.39, 0.29) is 18.0 Å². The lowest BCUT2D eigenvalue weighted by Crippen LogP contribution is -2.54. The second-order valence-corrected chi connectivity index (χ2v) is 7.09. The third-order valence-corrected chi connectivity index (χ3v) is 5.22. The predicted molar refractivity (Wildman–Crippen MR) is 95.5 cm³/mol. The van der Waals surface area contributed by atoms with E-state index in [1.807, 2.05) is 26.3 Å². The topological polar surface area (TPSA) is 92.2 Å². The Bertz CT molecular complexity index is 770. The highest BCUT2D eigenvalue weighted by atomic mass is 32.1. The fourth-order valence-corrected chi connectivity index (χ4v) is 3.62. The Morgan fingerprint density at radius 2 is 2.28 bits per heavy atom. The summed E-state index contributed by atoms with van der Waals surface area (Å²) in [7, 11) is 1.81. The van der Waals surface area contributed by atoms with Gasteiger partial charge >= 0.3 is 6.03 Å². The van der Waals surface area contributed by atoms with Crippen LogP contribution in [-0.4, -0.2) is 39.3 Å². The Hall–Kier alpha value is -2.42. The molecule has 1 aliphatic heterocycles. The summed E-state index contributed by atoms with van der Waals surface area (Å²) in [6.07, 6.45) is 3.23. The number of rotatable bonds is 4. The number of aromatic nitrogens is 3. The van der Waals surface area contributed by atoms with Crippen LogP contribution in [0, 0.1) is 6.92 Å². The summed E-state index contributed by atoms with van der Waals surface area (Å²) in [4.78, 5) is 30.9. The van der Waals surface area contributed by atoms with E-state index in [0.717, 1.165) is 17.1 Å². The molecule has 2 aromatic rings. The number of piperidine rings is 1. The fourth-order valence-electron chi connectivity index (χ4n) is 2.81. The van der Waals surface area contributed by atoms with Crippen molar-refractivity contribution >= 4 is 29.1 Å². The lowest BCUT2D eigenvalue weighted by molar-refractivity contribution is -0.121. The largest absolute Gasteiger partial charge is 0.329 e. The Balaban J connectivity index is 1.59. The van der Waals surface area contributed by atoms with Crippen LogP contribution in [0.2, 0.25) is 0 Å². The molecule has 2 aromatic heterocycles. The molecule has 1 fully saturated rings. The van der Waals surface area contributed by atoms with Crippen molar-refractivity contribution < 1.29 is 9.59 Å². The SMILES string of the molecule is Cc1csc(C(C)NC(=O)NC2CCCN(c3ccn(C)n3)C2=O)n1. The Morgan fingerprint density at radius 3 is 2.92 bits per heavy atom. The fraction of sp³-hybridized carbons (Fsp3) is 0.500. The average Bonchev–Trinajstić information content (AvgIpc) is 3.18. The van der Waals surface area contributed by atoms with Gasteiger partial charge in [0.25, 0.3) is 5.91 Å². The molecule has 8 nitrogen and oxygen atoms in total. The second-order valence-electron chi connectivity index (χ2n) is 6.20. The van der Waals surface area contributed by atoms with Crippen molar-refractivity contribution in [1.29, 1.82) is 0 Å². The predicted octanol–water partition coefficient (Wildman–Crippen LogP) is 1.74. The van der Waals surface area contributed by atoms with Crippen LogP contribution in [0.3, 0.4) is 0 Å². The highest BCUT2D eigenvalue weighted by Crippen LogP contribution is 2.20. The van der Waals surface area contributed by atoms with Gasteiger partial charge in [-0.05, 0) is 26.7 Å². The summed E-state index contributed by atoms with van der Waals surface area (Å²) in [5.41, 5.74) is 0.933. The summed E-state index contributed by atoms with van der Waals surface area (Å²) < 4.78 is 1.66. The lowest BCUT2D eigenvalue weighted by atomic mass is 10.1. The lowest BCUT2D eigenvalue weighted by Gasteiger charge is -2.31. The molecule has 0 aromatic carbocycles. The van der Waals surface area contributed by atoms with Crippen LogP contribution in [0.25, 0.3) is 0 Å². The molecule has 0 bridgehead atoms. The molecular formula is C16H22N6O2S. The van der Waals surface area contributed by atoms with Gasteiger partial charge in [-0.2, -0.15) is 5.10 Å². The zero-order valence-corrected chi connectivity index (χ0v) is 15.3. The first kappa shape index (κ1) is 17.4. The number of hydrogen-bond donors (Lipinski definition) is 2. The van der Waals surface area contributed by atoms with Crippen molar-refractivity contribution in [1.82, 2.24) is 25.4 Å². The number of anilines is 1.